The molecule has 1 aromatic carbocycles. The number of esters is 1. The van der Waals surface area contributed by atoms with Crippen LogP contribution in [0.15, 0.2) is 45.9 Å². The van der Waals surface area contributed by atoms with E-state index in [1.807, 2.05) is 11.5 Å². The summed E-state index contributed by atoms with van der Waals surface area (Å²) < 4.78 is 27.0. The number of hydrogen-bond acceptors (Lipinski definition) is 6. The minimum Gasteiger partial charge on any atom is -0.454 e. The molecule has 0 saturated carbocycles. The lowest BCUT2D eigenvalue weighted by Gasteiger charge is -2.10. The number of aryl methyl sites for hydroxylation is 3. The molecule has 4 rings (SSSR count). The molecule has 8 nitrogen and oxygen atoms in total. The van der Waals surface area contributed by atoms with E-state index < -0.39 is 18.1 Å². The van der Waals surface area contributed by atoms with Crippen molar-refractivity contribution in [2.45, 2.75) is 27.3 Å². The van der Waals surface area contributed by atoms with Crippen LogP contribution in [0.2, 0.25) is 0 Å². The van der Waals surface area contributed by atoms with E-state index in [1.54, 1.807) is 25.1 Å². The SMILES string of the molecule is Cc1oc2ncn(C)c(=O)c2c1C(=O)OCC(=O)c1cc(C)n(Cc2ccc(F)cc2)c1C. The molecule has 170 valence electrons. The molecular formula is C24H22FN3O5. The lowest BCUT2D eigenvalue weighted by molar-refractivity contribution is 0.0474. The summed E-state index contributed by atoms with van der Waals surface area (Å²) in [6.45, 7) is 5.17. The predicted octanol–water partition coefficient (Wildman–Crippen LogP) is 3.48. The second kappa shape index (κ2) is 8.50. The van der Waals surface area contributed by atoms with Crippen LogP contribution in [0.4, 0.5) is 4.39 Å². The van der Waals surface area contributed by atoms with Crippen LogP contribution >= 0.6 is 0 Å². The molecule has 0 saturated heterocycles. The van der Waals surface area contributed by atoms with Gasteiger partial charge in [-0.1, -0.05) is 12.1 Å². The Bertz CT molecular complexity index is 1440. The van der Waals surface area contributed by atoms with Crippen molar-refractivity contribution in [3.8, 4) is 0 Å². The highest BCUT2D eigenvalue weighted by atomic mass is 19.1. The number of hydrogen-bond donors (Lipinski definition) is 0. The first kappa shape index (κ1) is 22.2. The fourth-order valence-corrected chi connectivity index (χ4v) is 3.81. The number of nitrogens with zero attached hydrogens (tertiary/aromatic N) is 3. The van der Waals surface area contributed by atoms with E-state index >= 15 is 0 Å². The minimum atomic E-state index is -0.829. The zero-order valence-electron chi connectivity index (χ0n) is 18.6. The van der Waals surface area contributed by atoms with E-state index in [2.05, 4.69) is 4.98 Å². The average Bonchev–Trinajstić information content (AvgIpc) is 3.27. The number of fused-ring (bicyclic) bond motifs is 1. The normalized spacial score (nSPS) is 11.2. The Balaban J connectivity index is 1.53. The third kappa shape index (κ3) is 4.09. The van der Waals surface area contributed by atoms with Gasteiger partial charge in [0.1, 0.15) is 28.9 Å². The van der Waals surface area contributed by atoms with Crippen molar-refractivity contribution in [3.05, 3.63) is 86.7 Å². The summed E-state index contributed by atoms with van der Waals surface area (Å²) in [4.78, 5) is 42.0. The van der Waals surface area contributed by atoms with Crippen molar-refractivity contribution in [1.29, 1.82) is 0 Å². The van der Waals surface area contributed by atoms with Crippen LogP contribution < -0.4 is 5.56 Å². The Morgan fingerprint density at radius 1 is 1.15 bits per heavy atom. The van der Waals surface area contributed by atoms with Crippen molar-refractivity contribution in [2.75, 3.05) is 6.61 Å². The third-order valence-electron chi connectivity index (χ3n) is 5.61. The number of ether oxygens (including phenoxy) is 1. The van der Waals surface area contributed by atoms with E-state index in [4.69, 9.17) is 9.15 Å². The molecule has 0 spiro atoms. The van der Waals surface area contributed by atoms with Crippen LogP contribution in [0.5, 0.6) is 0 Å². The van der Waals surface area contributed by atoms with Gasteiger partial charge in [0, 0.05) is 30.5 Å². The highest BCUT2D eigenvalue weighted by molar-refractivity contribution is 6.05. The summed E-state index contributed by atoms with van der Waals surface area (Å²) in [6, 6.07) is 7.88. The number of halogens is 1. The number of aromatic nitrogens is 3. The van der Waals surface area contributed by atoms with Crippen molar-refractivity contribution >= 4 is 22.9 Å². The van der Waals surface area contributed by atoms with Gasteiger partial charge in [-0.25, -0.2) is 14.2 Å². The van der Waals surface area contributed by atoms with Gasteiger partial charge in [0.25, 0.3) is 5.56 Å². The quantitative estimate of drug-likeness (QED) is 0.329. The zero-order chi connectivity index (χ0) is 23.9. The second-order valence-electron chi connectivity index (χ2n) is 7.87. The fraction of sp³-hybridized carbons (Fsp3) is 0.250. The van der Waals surface area contributed by atoms with E-state index in [9.17, 15) is 18.8 Å². The Labute approximate surface area is 188 Å². The highest BCUT2D eigenvalue weighted by Crippen LogP contribution is 2.22. The molecule has 0 fully saturated rings. The molecule has 33 heavy (non-hydrogen) atoms. The highest BCUT2D eigenvalue weighted by Gasteiger charge is 2.25. The summed E-state index contributed by atoms with van der Waals surface area (Å²) in [5.41, 5.74) is 2.43. The first-order chi connectivity index (χ1) is 15.7. The zero-order valence-corrected chi connectivity index (χ0v) is 18.6. The Hall–Kier alpha value is -4.01. The molecule has 0 radical (unpaired) electrons. The molecule has 0 unspecified atom stereocenters. The molecule has 0 aliphatic heterocycles. The second-order valence-corrected chi connectivity index (χ2v) is 7.87. The number of benzene rings is 1. The maximum Gasteiger partial charge on any atom is 0.343 e. The van der Waals surface area contributed by atoms with Crippen LogP contribution in [-0.2, 0) is 18.3 Å². The molecule has 4 aromatic rings. The van der Waals surface area contributed by atoms with Gasteiger partial charge < -0.3 is 18.3 Å². The van der Waals surface area contributed by atoms with Gasteiger partial charge in [-0.15, -0.1) is 0 Å². The molecule has 9 heteroatoms. The van der Waals surface area contributed by atoms with Crippen molar-refractivity contribution in [3.63, 3.8) is 0 Å². The molecule has 0 bridgehead atoms. The van der Waals surface area contributed by atoms with Crippen molar-refractivity contribution in [1.82, 2.24) is 14.1 Å². The summed E-state index contributed by atoms with van der Waals surface area (Å²) in [7, 11) is 1.51. The van der Waals surface area contributed by atoms with E-state index in [1.165, 1.54) is 37.0 Å². The number of rotatable bonds is 6. The van der Waals surface area contributed by atoms with Crippen LogP contribution in [0.3, 0.4) is 0 Å². The van der Waals surface area contributed by atoms with Gasteiger partial charge in [0.05, 0.1) is 0 Å². The van der Waals surface area contributed by atoms with Crippen LogP contribution in [0.25, 0.3) is 11.1 Å². The fourth-order valence-electron chi connectivity index (χ4n) is 3.81. The van der Waals surface area contributed by atoms with Crippen LogP contribution in [-0.4, -0.2) is 32.5 Å². The van der Waals surface area contributed by atoms with Gasteiger partial charge >= 0.3 is 5.97 Å². The third-order valence-corrected chi connectivity index (χ3v) is 5.61. The first-order valence-electron chi connectivity index (χ1n) is 10.2. The van der Waals surface area contributed by atoms with Gasteiger partial charge in [-0.3, -0.25) is 9.59 Å². The van der Waals surface area contributed by atoms with Gasteiger partial charge in [-0.05, 0) is 44.5 Å². The largest absolute Gasteiger partial charge is 0.454 e. The van der Waals surface area contributed by atoms with Crippen LogP contribution in [0, 0.1) is 26.6 Å². The molecule has 0 amide bonds. The Kier molecular flexibility index (Phi) is 5.71. The number of Topliss-reactive ketones (excluding diaryl/α,β-unsaturated/α-hetero) is 1. The van der Waals surface area contributed by atoms with Gasteiger partial charge in [-0.2, -0.15) is 0 Å². The van der Waals surface area contributed by atoms with E-state index in [0.717, 1.165) is 11.3 Å². The number of furan rings is 1. The predicted molar refractivity (Wildman–Crippen MR) is 118 cm³/mol. The summed E-state index contributed by atoms with van der Waals surface area (Å²) >= 11 is 0. The van der Waals surface area contributed by atoms with Gasteiger partial charge in [0.2, 0.25) is 11.5 Å². The van der Waals surface area contributed by atoms with Crippen molar-refractivity contribution < 1.29 is 23.1 Å². The molecule has 0 aliphatic carbocycles. The molecule has 3 aromatic heterocycles. The standard InChI is InChI=1S/C24H22FN3O5/c1-13-9-18(14(2)28(13)10-16-5-7-17(25)8-6-16)19(29)11-32-24(31)20-15(3)33-22-21(20)23(30)27(4)12-26-22/h5-9,12H,10-11H2,1-4H3. The molecule has 0 N–H and O–H groups in total. The topological polar surface area (TPSA) is 96.3 Å². The number of ketones is 1. The molecular weight excluding hydrogens is 429 g/mol. The average molecular weight is 451 g/mol. The van der Waals surface area contributed by atoms with E-state index in [-0.39, 0.29) is 34.0 Å². The lowest BCUT2D eigenvalue weighted by atomic mass is 10.1. The molecule has 0 aliphatic rings. The Morgan fingerprint density at radius 2 is 1.85 bits per heavy atom. The first-order valence-corrected chi connectivity index (χ1v) is 10.2. The van der Waals surface area contributed by atoms with E-state index in [0.29, 0.717) is 17.8 Å². The molecule has 0 atom stereocenters. The Morgan fingerprint density at radius 3 is 2.55 bits per heavy atom. The van der Waals surface area contributed by atoms with Crippen molar-refractivity contribution in [2.24, 2.45) is 7.05 Å². The summed E-state index contributed by atoms with van der Waals surface area (Å²) in [5.74, 6) is -1.33. The van der Waals surface area contributed by atoms with Crippen LogP contribution in [0.1, 0.15) is 43.4 Å². The molecule has 3 heterocycles. The monoisotopic (exact) mass is 451 g/mol. The maximum absolute atomic E-state index is 13.2. The summed E-state index contributed by atoms with van der Waals surface area (Å²) in [6.07, 6.45) is 1.30. The maximum atomic E-state index is 13.2. The van der Waals surface area contributed by atoms with Gasteiger partial charge in [0.15, 0.2) is 6.61 Å². The minimum absolute atomic E-state index is 0.0208. The smallest absolute Gasteiger partial charge is 0.343 e. The number of carbonyl (C=O) groups excluding carboxylic acids is 2. The summed E-state index contributed by atoms with van der Waals surface area (Å²) in [5, 5.41) is 0.0208. The number of carbonyl (C=O) groups is 2. The lowest BCUT2D eigenvalue weighted by Crippen LogP contribution is -2.20.